The minimum absolute atomic E-state index is 0.0925. The highest BCUT2D eigenvalue weighted by Gasteiger charge is 2.10. The molecule has 0 aliphatic heterocycles. The molecule has 7 heteroatoms. The Morgan fingerprint density at radius 1 is 1.42 bits per heavy atom. The number of ether oxygens (including phenoxy) is 1. The van der Waals surface area contributed by atoms with Crippen molar-refractivity contribution in [2.24, 2.45) is 0 Å². The molecule has 26 heavy (non-hydrogen) atoms. The molecular formula is C19H23N3O3S. The minimum Gasteiger partial charge on any atom is -0.489 e. The van der Waals surface area contributed by atoms with Crippen LogP contribution in [-0.4, -0.2) is 36.8 Å². The molecule has 1 atom stereocenters. The summed E-state index contributed by atoms with van der Waals surface area (Å²) in [7, 11) is 0. The van der Waals surface area contributed by atoms with Gasteiger partial charge in [-0.2, -0.15) is 16.6 Å². The van der Waals surface area contributed by atoms with E-state index in [1.165, 1.54) is 0 Å². The molecule has 0 aliphatic rings. The van der Waals surface area contributed by atoms with E-state index in [0.29, 0.717) is 30.0 Å². The number of rotatable bonds is 10. The van der Waals surface area contributed by atoms with Gasteiger partial charge >= 0.3 is 0 Å². The summed E-state index contributed by atoms with van der Waals surface area (Å²) in [6.45, 7) is 3.41. The Kier molecular flexibility index (Phi) is 8.09. The number of hydrogen-bond acceptors (Lipinski definition) is 6. The lowest BCUT2D eigenvalue weighted by molar-refractivity contribution is -0.115. The van der Waals surface area contributed by atoms with E-state index in [-0.39, 0.29) is 12.5 Å². The monoisotopic (exact) mass is 373 g/mol. The molecular weight excluding hydrogens is 350 g/mol. The van der Waals surface area contributed by atoms with Gasteiger partial charge in [0, 0.05) is 12.2 Å². The quantitative estimate of drug-likeness (QED) is 0.557. The van der Waals surface area contributed by atoms with Crippen molar-refractivity contribution in [2.45, 2.75) is 25.9 Å². The van der Waals surface area contributed by atoms with Crippen molar-refractivity contribution in [3.05, 3.63) is 46.2 Å². The summed E-state index contributed by atoms with van der Waals surface area (Å²) in [4.78, 5) is 12.0. The topological polar surface area (TPSA) is 94.4 Å². The molecule has 1 unspecified atom stereocenters. The SMILES string of the molecule is CCCNCC(O)COc1ccc(NC(=O)Cc2ccsc2)cc1C#N. The van der Waals surface area contributed by atoms with Gasteiger partial charge in [0.15, 0.2) is 0 Å². The van der Waals surface area contributed by atoms with Crippen molar-refractivity contribution in [2.75, 3.05) is 25.0 Å². The Bertz CT molecular complexity index is 741. The Labute approximate surface area is 157 Å². The van der Waals surface area contributed by atoms with Crippen LogP contribution in [0.4, 0.5) is 5.69 Å². The third-order valence-corrected chi connectivity index (χ3v) is 4.30. The fourth-order valence-corrected chi connectivity index (χ4v) is 2.96. The van der Waals surface area contributed by atoms with E-state index in [0.717, 1.165) is 18.5 Å². The van der Waals surface area contributed by atoms with Gasteiger partial charge in [-0.05, 0) is 53.6 Å². The first-order valence-electron chi connectivity index (χ1n) is 8.49. The van der Waals surface area contributed by atoms with Crippen LogP contribution >= 0.6 is 11.3 Å². The van der Waals surface area contributed by atoms with Gasteiger partial charge in [-0.15, -0.1) is 0 Å². The Hall–Kier alpha value is -2.40. The van der Waals surface area contributed by atoms with Crippen molar-refractivity contribution in [1.29, 1.82) is 5.26 Å². The zero-order valence-corrected chi connectivity index (χ0v) is 15.5. The number of nitrogens with zero attached hydrogens (tertiary/aromatic N) is 1. The van der Waals surface area contributed by atoms with Crippen molar-refractivity contribution >= 4 is 22.9 Å². The molecule has 0 bridgehead atoms. The van der Waals surface area contributed by atoms with E-state index in [1.54, 1.807) is 29.5 Å². The van der Waals surface area contributed by atoms with Gasteiger partial charge in [0.05, 0.1) is 12.0 Å². The summed E-state index contributed by atoms with van der Waals surface area (Å²) >= 11 is 1.55. The van der Waals surface area contributed by atoms with Crippen LogP contribution in [0.5, 0.6) is 5.75 Å². The molecule has 1 heterocycles. The molecule has 1 aromatic heterocycles. The largest absolute Gasteiger partial charge is 0.489 e. The fourth-order valence-electron chi connectivity index (χ4n) is 2.30. The number of hydrogen-bond donors (Lipinski definition) is 3. The second-order valence-electron chi connectivity index (χ2n) is 5.85. The number of amides is 1. The summed E-state index contributed by atoms with van der Waals surface area (Å²) < 4.78 is 5.54. The van der Waals surface area contributed by atoms with E-state index in [2.05, 4.69) is 23.6 Å². The average molecular weight is 373 g/mol. The maximum Gasteiger partial charge on any atom is 0.228 e. The number of nitriles is 1. The molecule has 0 spiro atoms. The maximum absolute atomic E-state index is 12.0. The van der Waals surface area contributed by atoms with Crippen molar-refractivity contribution < 1.29 is 14.6 Å². The van der Waals surface area contributed by atoms with Gasteiger partial charge < -0.3 is 20.5 Å². The predicted molar refractivity (Wildman–Crippen MR) is 102 cm³/mol. The first-order valence-corrected chi connectivity index (χ1v) is 9.43. The van der Waals surface area contributed by atoms with Gasteiger partial charge in [-0.25, -0.2) is 0 Å². The van der Waals surface area contributed by atoms with Crippen molar-refractivity contribution in [3.8, 4) is 11.8 Å². The first kappa shape index (κ1) is 19.9. The summed E-state index contributed by atoms with van der Waals surface area (Å²) in [6, 6.07) is 8.85. The number of nitrogens with one attached hydrogen (secondary N) is 2. The molecule has 138 valence electrons. The smallest absolute Gasteiger partial charge is 0.228 e. The number of aliphatic hydroxyl groups is 1. The Morgan fingerprint density at radius 3 is 2.96 bits per heavy atom. The molecule has 6 nitrogen and oxygen atoms in total. The zero-order chi connectivity index (χ0) is 18.8. The third kappa shape index (κ3) is 6.48. The van der Waals surface area contributed by atoms with Crippen LogP contribution in [0.2, 0.25) is 0 Å². The van der Waals surface area contributed by atoms with Gasteiger partial charge in [-0.1, -0.05) is 6.92 Å². The van der Waals surface area contributed by atoms with Crippen LogP contribution < -0.4 is 15.4 Å². The molecule has 3 N–H and O–H groups in total. The molecule has 1 aromatic carbocycles. The second kappa shape index (κ2) is 10.6. The molecule has 0 aliphatic carbocycles. The standard InChI is InChI=1S/C19H23N3O3S/c1-2-6-21-11-17(23)12-25-18-4-3-16(9-15(18)10-20)22-19(24)8-14-5-7-26-13-14/h3-5,7,9,13,17,21,23H,2,6,8,11-12H2,1H3,(H,22,24). The van der Waals surface area contributed by atoms with Crippen molar-refractivity contribution in [1.82, 2.24) is 5.32 Å². The zero-order valence-electron chi connectivity index (χ0n) is 14.7. The molecule has 1 amide bonds. The van der Waals surface area contributed by atoms with Gasteiger partial charge in [0.2, 0.25) is 5.91 Å². The first-order chi connectivity index (χ1) is 12.6. The summed E-state index contributed by atoms with van der Waals surface area (Å²) in [5.41, 5.74) is 1.81. The lowest BCUT2D eigenvalue weighted by atomic mass is 10.1. The van der Waals surface area contributed by atoms with E-state index >= 15 is 0 Å². The van der Waals surface area contributed by atoms with Crippen LogP contribution in [0.1, 0.15) is 24.5 Å². The van der Waals surface area contributed by atoms with E-state index in [9.17, 15) is 15.2 Å². The fraction of sp³-hybridized carbons (Fsp3) is 0.368. The van der Waals surface area contributed by atoms with E-state index < -0.39 is 6.10 Å². The number of carbonyl (C=O) groups excluding carboxylic acids is 1. The highest BCUT2D eigenvalue weighted by Crippen LogP contribution is 2.22. The molecule has 2 aromatic rings. The van der Waals surface area contributed by atoms with Crippen molar-refractivity contribution in [3.63, 3.8) is 0 Å². The highest BCUT2D eigenvalue weighted by atomic mass is 32.1. The molecule has 0 saturated carbocycles. The summed E-state index contributed by atoms with van der Waals surface area (Å²) in [5, 5.41) is 28.9. The average Bonchev–Trinajstić information content (AvgIpc) is 3.13. The third-order valence-electron chi connectivity index (χ3n) is 3.57. The van der Waals surface area contributed by atoms with Crippen LogP contribution in [-0.2, 0) is 11.2 Å². The van der Waals surface area contributed by atoms with Gasteiger partial charge in [-0.3, -0.25) is 4.79 Å². The number of anilines is 1. The summed E-state index contributed by atoms with van der Waals surface area (Å²) in [5.74, 6) is 0.247. The molecule has 0 saturated heterocycles. The highest BCUT2D eigenvalue weighted by molar-refractivity contribution is 7.08. The minimum atomic E-state index is -0.655. The van der Waals surface area contributed by atoms with Gasteiger partial charge in [0.1, 0.15) is 24.5 Å². The van der Waals surface area contributed by atoms with Crippen LogP contribution in [0.3, 0.4) is 0 Å². The van der Waals surface area contributed by atoms with Gasteiger partial charge in [0.25, 0.3) is 0 Å². The Balaban J connectivity index is 1.90. The van der Waals surface area contributed by atoms with Crippen LogP contribution in [0, 0.1) is 11.3 Å². The number of thiophene rings is 1. The lowest BCUT2D eigenvalue weighted by Gasteiger charge is -2.14. The number of benzene rings is 1. The lowest BCUT2D eigenvalue weighted by Crippen LogP contribution is -2.31. The van der Waals surface area contributed by atoms with E-state index in [1.807, 2.05) is 16.8 Å². The second-order valence-corrected chi connectivity index (χ2v) is 6.63. The number of aliphatic hydroxyl groups excluding tert-OH is 1. The van der Waals surface area contributed by atoms with Crippen LogP contribution in [0.25, 0.3) is 0 Å². The Morgan fingerprint density at radius 2 is 2.27 bits per heavy atom. The van der Waals surface area contributed by atoms with Crippen LogP contribution in [0.15, 0.2) is 35.0 Å². The normalized spacial score (nSPS) is 11.6. The predicted octanol–water partition coefficient (Wildman–Crippen LogP) is 2.54. The molecule has 0 fully saturated rings. The number of carbonyl (C=O) groups is 1. The van der Waals surface area contributed by atoms with E-state index in [4.69, 9.17) is 4.74 Å². The molecule has 2 rings (SSSR count). The summed E-state index contributed by atoms with van der Waals surface area (Å²) in [6.07, 6.45) is 0.630. The molecule has 0 radical (unpaired) electrons. The maximum atomic E-state index is 12.0.